The van der Waals surface area contributed by atoms with Crippen LogP contribution >= 0.6 is 0 Å². The van der Waals surface area contributed by atoms with Crippen LogP contribution in [0.2, 0.25) is 5.54 Å². The summed E-state index contributed by atoms with van der Waals surface area (Å²) in [4.78, 5) is 0. The van der Waals surface area contributed by atoms with Crippen molar-refractivity contribution in [2.24, 2.45) is 0 Å². The second kappa shape index (κ2) is 27.6. The number of aryl methyl sites for hydroxylation is 12. The zero-order valence-corrected chi connectivity index (χ0v) is 57.7. The molecule has 452 valence electrons. The highest BCUT2D eigenvalue weighted by Gasteiger charge is 2.51. The maximum absolute atomic E-state index is 3.56. The molecule has 0 nitrogen and oxygen atoms in total. The van der Waals surface area contributed by atoms with Crippen molar-refractivity contribution >= 4 is 23.6 Å². The summed E-state index contributed by atoms with van der Waals surface area (Å²) in [5.74, 6) is 0. The summed E-state index contributed by atoms with van der Waals surface area (Å²) in [6, 6.07) is 68.9. The predicted molar refractivity (Wildman–Crippen MR) is 390 cm³/mol. The maximum Gasteiger partial charge on any atom is 0.159 e. The first-order chi connectivity index (χ1) is 42.6. The van der Waals surface area contributed by atoms with Gasteiger partial charge in [-0.1, -0.05) is 240 Å². The third-order valence-corrected chi connectivity index (χ3v) is 25.8. The Morgan fingerprint density at radius 2 is 0.330 bits per heavy atom. The third kappa shape index (κ3) is 12.8. The fourth-order valence-corrected chi connectivity index (χ4v) is 20.6. The van der Waals surface area contributed by atoms with Crippen molar-refractivity contribution in [2.75, 3.05) is 0 Å². The molecule has 0 spiro atoms. The molecule has 0 bridgehead atoms. The third-order valence-electron chi connectivity index (χ3n) is 20.4. The SMILES string of the molecule is CCc1cc(CC)cc(-c2cc(-c3cc(CC)cc(CC)c3)cc([Si](c3cc(-c4cc(CC)cc(CC)c4)cc(-c4cc(CC)cc(CC)c4)c3)(c3cc(-c4cc(CC)cc(CC)c4)cc(-c4cc(CC)cc(CC)c4)c3)C3C(C)=C(C)C(C)=C3C)c2)c1. The Bertz CT molecular complexity index is 3350. The van der Waals surface area contributed by atoms with Gasteiger partial charge in [0.25, 0.3) is 0 Å². The van der Waals surface area contributed by atoms with Crippen molar-refractivity contribution < 1.29 is 0 Å². The largest absolute Gasteiger partial charge is 0.159 e. The summed E-state index contributed by atoms with van der Waals surface area (Å²) in [5.41, 5.74) is 38.3. The van der Waals surface area contributed by atoms with Gasteiger partial charge in [-0.05, 0) is 283 Å². The lowest BCUT2D eigenvalue weighted by Gasteiger charge is -2.42. The zero-order chi connectivity index (χ0) is 62.6. The van der Waals surface area contributed by atoms with Crippen molar-refractivity contribution in [2.45, 2.75) is 193 Å². The first kappa shape index (κ1) is 63.7. The Labute approximate surface area is 533 Å². The molecule has 0 radical (unpaired) electrons. The van der Waals surface area contributed by atoms with E-state index in [0.29, 0.717) is 0 Å². The van der Waals surface area contributed by atoms with Gasteiger partial charge >= 0.3 is 0 Å². The zero-order valence-electron chi connectivity index (χ0n) is 56.7. The predicted octanol–water partition coefficient (Wildman–Crippen LogP) is 22.0. The molecule has 1 heteroatoms. The quantitative estimate of drug-likeness (QED) is 0.0469. The highest BCUT2D eigenvalue weighted by molar-refractivity contribution is 7.13. The Morgan fingerprint density at radius 1 is 0.193 bits per heavy atom. The van der Waals surface area contributed by atoms with Gasteiger partial charge in [-0.15, -0.1) is 0 Å². The number of hydrogen-bond acceptors (Lipinski definition) is 0. The minimum absolute atomic E-state index is 0.0888. The summed E-state index contributed by atoms with van der Waals surface area (Å²) >= 11 is 0. The van der Waals surface area contributed by atoms with Gasteiger partial charge in [0.05, 0.1) is 0 Å². The van der Waals surface area contributed by atoms with Gasteiger partial charge in [-0.2, -0.15) is 0 Å². The smallest absolute Gasteiger partial charge is 0.0647 e. The molecule has 0 amide bonds. The molecule has 0 saturated heterocycles. The van der Waals surface area contributed by atoms with Crippen LogP contribution < -0.4 is 15.6 Å². The number of benzene rings is 9. The molecule has 0 fully saturated rings. The summed E-state index contributed by atoms with van der Waals surface area (Å²) in [6.07, 6.45) is 11.8. The van der Waals surface area contributed by atoms with E-state index in [-0.39, 0.29) is 5.54 Å². The lowest BCUT2D eigenvalue weighted by molar-refractivity contribution is 1.08. The van der Waals surface area contributed by atoms with E-state index >= 15 is 0 Å². The molecule has 1 aliphatic carbocycles. The number of allylic oxidation sites excluding steroid dienone is 4. The molecule has 9 aromatic carbocycles. The monoisotopic (exact) mass is 1170 g/mol. The molecule has 0 saturated carbocycles. The van der Waals surface area contributed by atoms with Crippen LogP contribution in [0.4, 0.5) is 0 Å². The summed E-state index contributed by atoms with van der Waals surface area (Å²) < 4.78 is 0. The molecule has 9 aromatic rings. The van der Waals surface area contributed by atoms with Gasteiger partial charge in [-0.25, -0.2) is 0 Å². The Balaban J connectivity index is 1.51. The lowest BCUT2D eigenvalue weighted by atomic mass is 9.93. The van der Waals surface area contributed by atoms with Crippen LogP contribution in [0, 0.1) is 0 Å². The van der Waals surface area contributed by atoms with Crippen LogP contribution in [0.5, 0.6) is 0 Å². The lowest BCUT2D eigenvalue weighted by Crippen LogP contribution is -2.70. The molecule has 88 heavy (non-hydrogen) atoms. The van der Waals surface area contributed by atoms with Gasteiger partial charge in [0.15, 0.2) is 8.07 Å². The van der Waals surface area contributed by atoms with Crippen molar-refractivity contribution in [1.82, 2.24) is 0 Å². The minimum Gasteiger partial charge on any atom is -0.0647 e. The summed E-state index contributed by atoms with van der Waals surface area (Å²) in [6.45, 7) is 37.8. The second-order valence-corrected chi connectivity index (χ2v) is 29.7. The summed E-state index contributed by atoms with van der Waals surface area (Å²) in [5, 5.41) is 4.37. The van der Waals surface area contributed by atoms with Gasteiger partial charge in [0.2, 0.25) is 0 Å². The fraction of sp³-hybridized carbons (Fsp3) is 0.333. The average molecular weight is 1170 g/mol. The van der Waals surface area contributed by atoms with Crippen LogP contribution in [0.1, 0.15) is 178 Å². The van der Waals surface area contributed by atoms with E-state index in [4.69, 9.17) is 0 Å². The summed E-state index contributed by atoms with van der Waals surface area (Å²) in [7, 11) is -3.56. The molecule has 0 aliphatic heterocycles. The van der Waals surface area contributed by atoms with Gasteiger partial charge in [0, 0.05) is 5.54 Å². The maximum atomic E-state index is 2.73. The highest BCUT2D eigenvalue weighted by atomic mass is 28.3. The van der Waals surface area contributed by atoms with Gasteiger partial charge in [0.1, 0.15) is 0 Å². The van der Waals surface area contributed by atoms with E-state index in [1.165, 1.54) is 171 Å². The minimum atomic E-state index is -3.56. The first-order valence-corrected chi connectivity index (χ1v) is 36.3. The van der Waals surface area contributed by atoms with E-state index in [1.54, 1.807) is 0 Å². The molecule has 0 heterocycles. The number of hydrogen-bond donors (Lipinski definition) is 0. The normalized spacial score (nSPS) is 13.0. The molecular formula is C87H100Si. The van der Waals surface area contributed by atoms with E-state index in [1.807, 2.05) is 0 Å². The molecule has 1 aliphatic rings. The van der Waals surface area contributed by atoms with E-state index < -0.39 is 8.07 Å². The van der Waals surface area contributed by atoms with E-state index in [0.717, 1.165) is 77.0 Å². The Morgan fingerprint density at radius 3 is 0.466 bits per heavy atom. The van der Waals surface area contributed by atoms with Crippen LogP contribution in [-0.2, 0) is 77.0 Å². The molecule has 0 unspecified atom stereocenters. The molecule has 0 N–H and O–H groups in total. The van der Waals surface area contributed by atoms with Gasteiger partial charge in [-0.3, -0.25) is 0 Å². The fourth-order valence-electron chi connectivity index (χ4n) is 14.6. The molecule has 10 rings (SSSR count). The molecular weight excluding hydrogens is 1070 g/mol. The van der Waals surface area contributed by atoms with Crippen molar-refractivity contribution in [3.63, 3.8) is 0 Å². The van der Waals surface area contributed by atoms with Crippen LogP contribution in [-0.4, -0.2) is 8.07 Å². The van der Waals surface area contributed by atoms with Crippen LogP contribution in [0.3, 0.4) is 0 Å². The van der Waals surface area contributed by atoms with Crippen molar-refractivity contribution in [3.05, 3.63) is 253 Å². The van der Waals surface area contributed by atoms with Crippen LogP contribution in [0.15, 0.2) is 186 Å². The first-order valence-electron chi connectivity index (χ1n) is 34.2. The van der Waals surface area contributed by atoms with Crippen LogP contribution in [0.25, 0.3) is 66.8 Å². The van der Waals surface area contributed by atoms with Gasteiger partial charge < -0.3 is 0 Å². The van der Waals surface area contributed by atoms with Crippen molar-refractivity contribution in [1.29, 1.82) is 0 Å². The Hall–Kier alpha value is -7.32. The highest BCUT2D eigenvalue weighted by Crippen LogP contribution is 2.49. The van der Waals surface area contributed by atoms with Crippen molar-refractivity contribution in [3.8, 4) is 66.8 Å². The second-order valence-electron chi connectivity index (χ2n) is 25.7. The van der Waals surface area contributed by atoms with E-state index in [9.17, 15) is 0 Å². The van der Waals surface area contributed by atoms with E-state index in [2.05, 4.69) is 275 Å². The Kier molecular flexibility index (Phi) is 20.0. The molecule has 0 aromatic heterocycles. The number of rotatable bonds is 22. The topological polar surface area (TPSA) is 0 Å². The standard InChI is InChI=1S/C87H100Si/c1-17-60-29-61(18-2)36-72(35-60)78-47-79(73-37-62(19-3)30-63(20-4)38-73)51-84(50-78)88(87-58(15)56(13)57(14)59(87)16,85-52-80(74-39-64(21-5)31-65(22-6)40-74)48-81(53-85)75-41-66(23-7)32-67(24-8)42-75)86-54-82(76-43-68(25-9)33-69(26-10)44-76)49-83(55-86)77-45-70(27-11)34-71(28-12)46-77/h29-55,87H,17-28H2,1-16H3. The average Bonchev–Trinajstić information content (AvgIpc) is 1.27. The molecule has 0 atom stereocenters.